The summed E-state index contributed by atoms with van der Waals surface area (Å²) >= 11 is 0. The molecule has 2 aliphatic rings. The molecule has 1 saturated heterocycles. The molecule has 0 N–H and O–H groups in total. The van der Waals surface area contributed by atoms with Crippen molar-refractivity contribution in [2.75, 3.05) is 20.2 Å². The summed E-state index contributed by atoms with van der Waals surface area (Å²) in [4.78, 5) is 1.88. The van der Waals surface area contributed by atoms with E-state index in [0.717, 1.165) is 32.8 Å². The van der Waals surface area contributed by atoms with Gasteiger partial charge in [0.1, 0.15) is 0 Å². The molecule has 0 radical (unpaired) electrons. The summed E-state index contributed by atoms with van der Waals surface area (Å²) in [6, 6.07) is 2.41. The monoisotopic (exact) mass is 290 g/mol. The van der Waals surface area contributed by atoms with Gasteiger partial charge in [-0.25, -0.2) is 0 Å². The van der Waals surface area contributed by atoms with Gasteiger partial charge in [-0.15, -0.1) is 0 Å². The third-order valence-corrected chi connectivity index (χ3v) is 5.01. The second kappa shape index (κ2) is 5.19. The largest absolute Gasteiger partial charge is 0.419 e. The van der Waals surface area contributed by atoms with E-state index in [1.165, 1.54) is 0 Å². The zero-order chi connectivity index (χ0) is 15.0. The number of likely N-dealkylation sites (tertiary alicyclic amines) is 1. The zero-order valence-corrected chi connectivity index (χ0v) is 12.0. The van der Waals surface area contributed by atoms with Gasteiger partial charge in [-0.1, -0.05) is 6.92 Å². The number of methoxy groups -OCH3 is 1. The number of halogens is 3. The van der Waals surface area contributed by atoms with Crippen molar-refractivity contribution in [3.05, 3.63) is 0 Å². The van der Waals surface area contributed by atoms with E-state index in [-0.39, 0.29) is 24.5 Å². The fraction of sp³-hybridized carbons (Fsp3) is 0.929. The van der Waals surface area contributed by atoms with Crippen LogP contribution in [0.5, 0.6) is 0 Å². The van der Waals surface area contributed by atoms with E-state index in [0.29, 0.717) is 6.42 Å². The Kier molecular flexibility index (Phi) is 4.05. The average molecular weight is 290 g/mol. The molecule has 1 aliphatic carbocycles. The van der Waals surface area contributed by atoms with Crippen molar-refractivity contribution in [3.63, 3.8) is 0 Å². The molecule has 0 spiro atoms. The molecule has 2 fully saturated rings. The first kappa shape index (κ1) is 15.6. The number of alkyl halides is 3. The molecule has 1 saturated carbocycles. The Labute approximate surface area is 117 Å². The summed E-state index contributed by atoms with van der Waals surface area (Å²) in [7, 11) is 1.13. The van der Waals surface area contributed by atoms with E-state index >= 15 is 0 Å². The van der Waals surface area contributed by atoms with E-state index in [2.05, 4.69) is 13.0 Å². The Morgan fingerprint density at radius 2 is 1.85 bits per heavy atom. The quantitative estimate of drug-likeness (QED) is 0.801. The lowest BCUT2D eigenvalue weighted by molar-refractivity contribution is -0.316. The summed E-state index contributed by atoms with van der Waals surface area (Å²) in [5, 5.41) is 8.80. The van der Waals surface area contributed by atoms with Crippen molar-refractivity contribution in [1.29, 1.82) is 5.26 Å². The summed E-state index contributed by atoms with van der Waals surface area (Å²) in [6.07, 6.45) is -0.209. The number of hydrogen-bond acceptors (Lipinski definition) is 3. The van der Waals surface area contributed by atoms with Crippen LogP contribution in [0, 0.1) is 16.7 Å². The van der Waals surface area contributed by atoms with Crippen molar-refractivity contribution in [3.8, 4) is 6.07 Å². The Balaban J connectivity index is 1.88. The van der Waals surface area contributed by atoms with Crippen molar-refractivity contribution >= 4 is 0 Å². The van der Waals surface area contributed by atoms with Gasteiger partial charge in [0.25, 0.3) is 0 Å². The highest BCUT2D eigenvalue weighted by Crippen LogP contribution is 2.45. The van der Waals surface area contributed by atoms with Crippen LogP contribution in [0.3, 0.4) is 0 Å². The Morgan fingerprint density at radius 3 is 2.25 bits per heavy atom. The van der Waals surface area contributed by atoms with Gasteiger partial charge >= 0.3 is 6.18 Å². The van der Waals surface area contributed by atoms with E-state index in [1.54, 1.807) is 0 Å². The fourth-order valence-corrected chi connectivity index (χ4v) is 3.32. The molecule has 0 aromatic rings. The highest BCUT2D eigenvalue weighted by atomic mass is 19.4. The van der Waals surface area contributed by atoms with Gasteiger partial charge in [-0.3, -0.25) is 4.90 Å². The van der Waals surface area contributed by atoms with Crippen LogP contribution in [0.25, 0.3) is 0 Å². The van der Waals surface area contributed by atoms with E-state index in [4.69, 9.17) is 10.00 Å². The van der Waals surface area contributed by atoms with Crippen LogP contribution < -0.4 is 0 Å². The van der Waals surface area contributed by atoms with Gasteiger partial charge in [0.05, 0.1) is 6.07 Å². The predicted molar refractivity (Wildman–Crippen MR) is 68.0 cm³/mol. The van der Waals surface area contributed by atoms with Gasteiger partial charge in [0.15, 0.2) is 5.60 Å². The lowest BCUT2D eigenvalue weighted by atomic mass is 9.71. The first-order valence-electron chi connectivity index (χ1n) is 6.98. The van der Waals surface area contributed by atoms with Gasteiger partial charge < -0.3 is 4.74 Å². The van der Waals surface area contributed by atoms with Gasteiger partial charge in [-0.05, 0) is 31.1 Å². The van der Waals surface area contributed by atoms with Crippen LogP contribution in [-0.4, -0.2) is 42.9 Å². The van der Waals surface area contributed by atoms with Crippen LogP contribution in [0.1, 0.15) is 39.0 Å². The summed E-state index contributed by atoms with van der Waals surface area (Å²) < 4.78 is 43.5. The van der Waals surface area contributed by atoms with Gasteiger partial charge in [0.2, 0.25) is 0 Å². The fourth-order valence-electron chi connectivity index (χ4n) is 3.32. The van der Waals surface area contributed by atoms with E-state index in [1.807, 2.05) is 4.90 Å². The standard InChI is InChI=1S/C14H21F3N2O/c1-12(7-8-18)5-3-11(4-6-12)19-9-13(10-19,20-2)14(15,16)17/h11H,3-7,9-10H2,1-2H3. The lowest BCUT2D eigenvalue weighted by Gasteiger charge is -2.54. The molecule has 0 atom stereocenters. The van der Waals surface area contributed by atoms with Crippen molar-refractivity contribution in [2.24, 2.45) is 5.41 Å². The molecule has 20 heavy (non-hydrogen) atoms. The van der Waals surface area contributed by atoms with Crippen LogP contribution in [-0.2, 0) is 4.74 Å². The molecular formula is C14H21F3N2O. The summed E-state index contributed by atoms with van der Waals surface area (Å²) in [6.45, 7) is 1.97. The Hall–Kier alpha value is -0.800. The minimum absolute atomic E-state index is 0.0402. The number of nitrogens with zero attached hydrogens (tertiary/aromatic N) is 2. The van der Waals surface area contributed by atoms with E-state index in [9.17, 15) is 13.2 Å². The number of ether oxygens (including phenoxy) is 1. The molecule has 0 aromatic heterocycles. The van der Waals surface area contributed by atoms with E-state index < -0.39 is 11.8 Å². The minimum atomic E-state index is -4.30. The molecule has 0 aromatic carbocycles. The van der Waals surface area contributed by atoms with Crippen LogP contribution >= 0.6 is 0 Å². The number of rotatable bonds is 3. The maximum Gasteiger partial charge on any atom is 0.419 e. The topological polar surface area (TPSA) is 36.3 Å². The second-order valence-corrected chi connectivity index (χ2v) is 6.48. The Bertz CT molecular complexity index is 388. The normalized spacial score (nSPS) is 34.3. The first-order valence-corrected chi connectivity index (χ1v) is 6.98. The first-order chi connectivity index (χ1) is 9.25. The average Bonchev–Trinajstić information content (AvgIpc) is 2.29. The third kappa shape index (κ3) is 2.66. The molecule has 114 valence electrons. The third-order valence-electron chi connectivity index (χ3n) is 5.01. The maximum atomic E-state index is 12.9. The van der Waals surface area contributed by atoms with Gasteiger partial charge in [-0.2, -0.15) is 18.4 Å². The number of nitriles is 1. The maximum absolute atomic E-state index is 12.9. The molecule has 3 nitrogen and oxygen atoms in total. The molecule has 0 unspecified atom stereocenters. The molecule has 1 heterocycles. The SMILES string of the molecule is COC1(C(F)(F)F)CN(C2CCC(C)(CC#N)CC2)C1. The Morgan fingerprint density at radius 1 is 1.30 bits per heavy atom. The molecule has 6 heteroatoms. The van der Waals surface area contributed by atoms with Crippen LogP contribution in [0.4, 0.5) is 13.2 Å². The molecule has 2 rings (SSSR count). The zero-order valence-electron chi connectivity index (χ0n) is 12.0. The van der Waals surface area contributed by atoms with Crippen molar-refractivity contribution in [2.45, 2.75) is 56.8 Å². The summed E-state index contributed by atoms with van der Waals surface area (Å²) in [5.74, 6) is 0. The van der Waals surface area contributed by atoms with Crippen molar-refractivity contribution in [1.82, 2.24) is 4.90 Å². The predicted octanol–water partition coefficient (Wildman–Crippen LogP) is 3.11. The summed E-state index contributed by atoms with van der Waals surface area (Å²) in [5.41, 5.74) is -1.93. The highest BCUT2D eigenvalue weighted by molar-refractivity contribution is 5.05. The molecule has 1 aliphatic heterocycles. The smallest absolute Gasteiger partial charge is 0.366 e. The number of hydrogen-bond donors (Lipinski definition) is 0. The second-order valence-electron chi connectivity index (χ2n) is 6.48. The van der Waals surface area contributed by atoms with Gasteiger partial charge in [0, 0.05) is 32.7 Å². The highest BCUT2D eigenvalue weighted by Gasteiger charge is 2.63. The van der Waals surface area contributed by atoms with Crippen LogP contribution in [0.15, 0.2) is 0 Å². The molecule has 0 bridgehead atoms. The van der Waals surface area contributed by atoms with Crippen molar-refractivity contribution < 1.29 is 17.9 Å². The van der Waals surface area contributed by atoms with Crippen LogP contribution in [0.2, 0.25) is 0 Å². The minimum Gasteiger partial charge on any atom is -0.366 e. The lowest BCUT2D eigenvalue weighted by Crippen LogP contribution is -2.72. The molecule has 0 amide bonds. The molecular weight excluding hydrogens is 269 g/mol.